The van der Waals surface area contributed by atoms with E-state index in [0.717, 1.165) is 17.8 Å². The minimum absolute atomic E-state index is 0.00370. The van der Waals surface area contributed by atoms with Gasteiger partial charge in [-0.15, -0.1) is 5.10 Å². The van der Waals surface area contributed by atoms with Gasteiger partial charge in [0.05, 0.1) is 17.8 Å². The maximum absolute atomic E-state index is 12.5. The maximum atomic E-state index is 12.5. The van der Waals surface area contributed by atoms with Crippen LogP contribution in [0.4, 0.5) is 0 Å². The molecule has 0 saturated carbocycles. The first-order valence-electron chi connectivity index (χ1n) is 6.90. The Labute approximate surface area is 122 Å². The molecule has 1 saturated heterocycles. The van der Waals surface area contributed by atoms with Gasteiger partial charge in [0.15, 0.2) is 0 Å². The molecule has 7 nitrogen and oxygen atoms in total. The summed E-state index contributed by atoms with van der Waals surface area (Å²) >= 11 is 0. The molecule has 1 amide bonds. The first-order chi connectivity index (χ1) is 10.1. The summed E-state index contributed by atoms with van der Waals surface area (Å²) in [5.41, 5.74) is 2.20. The minimum Gasteiger partial charge on any atom is -0.471 e. The quantitative estimate of drug-likeness (QED) is 0.914. The zero-order valence-corrected chi connectivity index (χ0v) is 12.0. The van der Waals surface area contributed by atoms with E-state index in [-0.39, 0.29) is 12.0 Å². The monoisotopic (exact) mass is 287 g/mol. The molecule has 0 aromatic carbocycles. The molecule has 3 heterocycles. The van der Waals surface area contributed by atoms with Crippen LogP contribution in [0.2, 0.25) is 0 Å². The van der Waals surface area contributed by atoms with E-state index in [1.807, 2.05) is 13.8 Å². The van der Waals surface area contributed by atoms with Crippen LogP contribution < -0.4 is 4.74 Å². The second-order valence-corrected chi connectivity index (χ2v) is 5.15. The second-order valence-electron chi connectivity index (χ2n) is 5.15. The van der Waals surface area contributed by atoms with E-state index < -0.39 is 0 Å². The summed E-state index contributed by atoms with van der Waals surface area (Å²) in [5, 5.41) is 14.6. The molecule has 0 unspecified atom stereocenters. The molecular weight excluding hydrogens is 270 g/mol. The second kappa shape index (κ2) is 5.51. The molecular formula is C14H17N5O2. The van der Waals surface area contributed by atoms with Gasteiger partial charge in [-0.1, -0.05) is 0 Å². The van der Waals surface area contributed by atoms with Gasteiger partial charge in [0, 0.05) is 30.9 Å². The molecule has 2 aromatic rings. The van der Waals surface area contributed by atoms with Crippen molar-refractivity contribution in [2.75, 3.05) is 13.1 Å². The van der Waals surface area contributed by atoms with Gasteiger partial charge in [0.25, 0.3) is 5.91 Å². The molecule has 0 aliphatic carbocycles. The van der Waals surface area contributed by atoms with Gasteiger partial charge >= 0.3 is 0 Å². The van der Waals surface area contributed by atoms with E-state index >= 15 is 0 Å². The van der Waals surface area contributed by atoms with Crippen LogP contribution in [0.1, 0.15) is 28.2 Å². The molecule has 7 heteroatoms. The summed E-state index contributed by atoms with van der Waals surface area (Å²) < 4.78 is 5.74. The summed E-state index contributed by atoms with van der Waals surface area (Å²) in [6.07, 6.45) is 2.35. The predicted octanol–water partition coefficient (Wildman–Crippen LogP) is 1.11. The predicted molar refractivity (Wildman–Crippen MR) is 75.0 cm³/mol. The number of hydrogen-bond donors (Lipinski definition) is 1. The van der Waals surface area contributed by atoms with Crippen molar-refractivity contribution in [3.8, 4) is 5.88 Å². The van der Waals surface area contributed by atoms with E-state index in [9.17, 15) is 4.79 Å². The lowest BCUT2D eigenvalue weighted by atomic mass is 10.2. The summed E-state index contributed by atoms with van der Waals surface area (Å²) in [5.74, 6) is 0.497. The first kappa shape index (κ1) is 13.5. The van der Waals surface area contributed by atoms with Crippen LogP contribution in [0.3, 0.4) is 0 Å². The van der Waals surface area contributed by atoms with Crippen molar-refractivity contribution in [3.63, 3.8) is 0 Å². The Morgan fingerprint density at radius 3 is 3.00 bits per heavy atom. The van der Waals surface area contributed by atoms with E-state index in [0.29, 0.717) is 24.5 Å². The Hall–Kier alpha value is -2.44. The third-order valence-corrected chi connectivity index (χ3v) is 3.61. The number of aromatic amines is 1. The zero-order valence-electron chi connectivity index (χ0n) is 12.0. The van der Waals surface area contributed by atoms with E-state index in [1.54, 1.807) is 23.2 Å². The number of amides is 1. The van der Waals surface area contributed by atoms with Crippen molar-refractivity contribution in [3.05, 3.63) is 35.3 Å². The van der Waals surface area contributed by atoms with Gasteiger partial charge in [-0.3, -0.25) is 9.89 Å². The normalized spacial score (nSPS) is 18.0. The number of hydrogen-bond acceptors (Lipinski definition) is 5. The van der Waals surface area contributed by atoms with Crippen molar-refractivity contribution in [2.45, 2.75) is 26.4 Å². The maximum Gasteiger partial charge on any atom is 0.257 e. The average Bonchev–Trinajstić information content (AvgIpc) is 3.07. The molecule has 21 heavy (non-hydrogen) atoms. The van der Waals surface area contributed by atoms with Gasteiger partial charge < -0.3 is 9.64 Å². The van der Waals surface area contributed by atoms with Gasteiger partial charge in [-0.05, 0) is 19.9 Å². The van der Waals surface area contributed by atoms with Crippen molar-refractivity contribution in [2.24, 2.45) is 0 Å². The van der Waals surface area contributed by atoms with E-state index in [1.165, 1.54) is 0 Å². The number of nitrogens with zero attached hydrogens (tertiary/aromatic N) is 4. The van der Waals surface area contributed by atoms with Crippen LogP contribution in [0.15, 0.2) is 18.3 Å². The van der Waals surface area contributed by atoms with Crippen LogP contribution in [0, 0.1) is 13.8 Å². The van der Waals surface area contributed by atoms with Crippen LogP contribution in [-0.4, -0.2) is 50.4 Å². The summed E-state index contributed by atoms with van der Waals surface area (Å²) in [4.78, 5) is 14.3. The van der Waals surface area contributed by atoms with Crippen LogP contribution in [0.25, 0.3) is 0 Å². The SMILES string of the molecule is Cc1n[nH]c(C)c1C(=O)N1CC[C@@H](Oc2cccnn2)C1. The number of rotatable bonds is 3. The largest absolute Gasteiger partial charge is 0.471 e. The minimum atomic E-state index is -0.0434. The number of carbonyl (C=O) groups is 1. The molecule has 3 rings (SSSR count). The zero-order chi connectivity index (χ0) is 14.8. The lowest BCUT2D eigenvalue weighted by molar-refractivity contribution is 0.0769. The lowest BCUT2D eigenvalue weighted by Gasteiger charge is -2.17. The van der Waals surface area contributed by atoms with E-state index in [2.05, 4.69) is 20.4 Å². The van der Waals surface area contributed by atoms with Crippen molar-refractivity contribution < 1.29 is 9.53 Å². The van der Waals surface area contributed by atoms with Gasteiger partial charge in [-0.25, -0.2) is 0 Å². The third-order valence-electron chi connectivity index (χ3n) is 3.61. The number of carbonyl (C=O) groups excluding carboxylic acids is 1. The number of ether oxygens (including phenoxy) is 1. The van der Waals surface area contributed by atoms with Crippen molar-refractivity contribution in [1.29, 1.82) is 0 Å². The fraction of sp³-hybridized carbons (Fsp3) is 0.429. The number of aryl methyl sites for hydroxylation is 2. The lowest BCUT2D eigenvalue weighted by Crippen LogP contribution is -2.31. The molecule has 1 atom stereocenters. The Balaban J connectivity index is 1.66. The molecule has 1 N–H and O–H groups in total. The highest BCUT2D eigenvalue weighted by molar-refractivity contribution is 5.96. The fourth-order valence-corrected chi connectivity index (χ4v) is 2.55. The highest BCUT2D eigenvalue weighted by Crippen LogP contribution is 2.20. The van der Waals surface area contributed by atoms with Crippen molar-refractivity contribution >= 4 is 5.91 Å². The summed E-state index contributed by atoms with van der Waals surface area (Å²) in [6, 6.07) is 3.54. The topological polar surface area (TPSA) is 84.0 Å². The Morgan fingerprint density at radius 1 is 1.48 bits per heavy atom. The Bertz CT molecular complexity index is 621. The van der Waals surface area contributed by atoms with Gasteiger partial charge in [0.1, 0.15) is 6.10 Å². The van der Waals surface area contributed by atoms with Gasteiger partial charge in [0.2, 0.25) is 5.88 Å². The van der Waals surface area contributed by atoms with Crippen LogP contribution >= 0.6 is 0 Å². The van der Waals surface area contributed by atoms with Crippen molar-refractivity contribution in [1.82, 2.24) is 25.3 Å². The van der Waals surface area contributed by atoms with Crippen LogP contribution in [0.5, 0.6) is 5.88 Å². The number of H-pyrrole nitrogens is 1. The molecule has 1 aliphatic rings. The number of likely N-dealkylation sites (tertiary alicyclic amines) is 1. The molecule has 1 fully saturated rings. The standard InChI is InChI=1S/C14H17N5O2/c1-9-13(10(2)17-16-9)14(20)19-7-5-11(8-19)21-12-4-3-6-15-18-12/h3-4,6,11H,5,7-8H2,1-2H3,(H,16,17)/t11-/m1/s1. The van der Waals surface area contributed by atoms with Gasteiger partial charge in [-0.2, -0.15) is 10.2 Å². The molecule has 0 bridgehead atoms. The highest BCUT2D eigenvalue weighted by Gasteiger charge is 2.30. The Morgan fingerprint density at radius 2 is 2.33 bits per heavy atom. The Kier molecular flexibility index (Phi) is 3.55. The summed E-state index contributed by atoms with van der Waals surface area (Å²) in [6.45, 7) is 4.92. The average molecular weight is 287 g/mol. The molecule has 110 valence electrons. The molecule has 1 aliphatic heterocycles. The summed E-state index contributed by atoms with van der Waals surface area (Å²) in [7, 11) is 0. The van der Waals surface area contributed by atoms with E-state index in [4.69, 9.17) is 4.74 Å². The number of aromatic nitrogens is 4. The smallest absolute Gasteiger partial charge is 0.257 e. The molecule has 2 aromatic heterocycles. The molecule has 0 spiro atoms. The fourth-order valence-electron chi connectivity index (χ4n) is 2.55. The molecule has 0 radical (unpaired) electrons. The number of nitrogens with one attached hydrogen (secondary N) is 1. The third kappa shape index (κ3) is 2.72. The first-order valence-corrected chi connectivity index (χ1v) is 6.90. The van der Waals surface area contributed by atoms with Crippen LogP contribution in [-0.2, 0) is 0 Å². The highest BCUT2D eigenvalue weighted by atomic mass is 16.5.